The van der Waals surface area contributed by atoms with Crippen molar-refractivity contribution in [3.63, 3.8) is 0 Å². The van der Waals surface area contributed by atoms with Crippen LogP contribution in [0.2, 0.25) is 5.02 Å². The first-order valence-corrected chi connectivity index (χ1v) is 14.3. The number of anilines is 1. The number of benzene rings is 4. The van der Waals surface area contributed by atoms with Crippen LogP contribution in [0.3, 0.4) is 0 Å². The van der Waals surface area contributed by atoms with Crippen molar-refractivity contribution in [3.05, 3.63) is 136 Å². The molecule has 7 nitrogen and oxygen atoms in total. The minimum Gasteiger partial charge on any atom is -0.427 e. The number of nitrogens with one attached hydrogen (secondary N) is 1. The van der Waals surface area contributed by atoms with Crippen LogP contribution in [0.15, 0.2) is 103 Å². The quantitative estimate of drug-likeness (QED) is 0.168. The number of carbonyl (C=O) groups excluding carboxylic acids is 4. The number of nitrogens with zero attached hydrogens (tertiary/aromatic N) is 1. The number of esters is 1. The maximum absolute atomic E-state index is 14.8. The fraction of sp³-hybridized carbons (Fsp3) is 0.143. The van der Waals surface area contributed by atoms with Crippen LogP contribution >= 0.6 is 11.6 Å². The summed E-state index contributed by atoms with van der Waals surface area (Å²) in [5.74, 6) is -2.41. The minimum atomic E-state index is -1.45. The van der Waals surface area contributed by atoms with Gasteiger partial charge in [-0.1, -0.05) is 66.2 Å². The first kappa shape index (κ1) is 26.9. The standard InChI is InChI=1S/C35H25ClN2O5/c1-20(39)43-23-16-14-22(15-17-23)31(40)30-29(32(41)25-10-4-6-12-27(25)36)35(26-11-5-7-13-28(26)37-34(35)42)33-24-9-3-2-8-21(24)18-19-38(30)33/h2-19,29-30,33H,1H3,(H,37,42)/t29-,30+,33+,35+/m1/s1. The lowest BCUT2D eigenvalue weighted by Crippen LogP contribution is -2.49. The Morgan fingerprint density at radius 2 is 1.56 bits per heavy atom. The van der Waals surface area contributed by atoms with Crippen LogP contribution in [0.1, 0.15) is 50.4 Å². The Morgan fingerprint density at radius 3 is 2.33 bits per heavy atom. The molecule has 1 spiro atoms. The first-order chi connectivity index (χ1) is 20.8. The van der Waals surface area contributed by atoms with Gasteiger partial charge in [0, 0.05) is 29.9 Å². The van der Waals surface area contributed by atoms with Crippen molar-refractivity contribution in [2.24, 2.45) is 5.92 Å². The molecule has 43 heavy (non-hydrogen) atoms. The van der Waals surface area contributed by atoms with Gasteiger partial charge >= 0.3 is 5.97 Å². The van der Waals surface area contributed by atoms with E-state index in [0.717, 1.165) is 11.1 Å². The van der Waals surface area contributed by atoms with Crippen molar-refractivity contribution in [2.75, 3.05) is 5.32 Å². The molecule has 1 fully saturated rings. The number of fused-ring (bicyclic) bond motifs is 6. The molecule has 1 amide bonds. The second kappa shape index (κ2) is 10.1. The van der Waals surface area contributed by atoms with Gasteiger partial charge in [0.15, 0.2) is 11.6 Å². The number of rotatable bonds is 5. The van der Waals surface area contributed by atoms with Crippen molar-refractivity contribution in [1.82, 2.24) is 4.90 Å². The lowest BCUT2D eigenvalue weighted by atomic mass is 9.62. The third kappa shape index (κ3) is 3.96. The molecule has 8 heteroatoms. The lowest BCUT2D eigenvalue weighted by molar-refractivity contribution is -0.131. The summed E-state index contributed by atoms with van der Waals surface area (Å²) in [6.07, 6.45) is 3.73. The molecule has 3 aliphatic rings. The average Bonchev–Trinajstić information content (AvgIpc) is 3.49. The average molecular weight is 589 g/mol. The summed E-state index contributed by atoms with van der Waals surface area (Å²) in [6, 6.07) is 26.3. The Labute approximate surface area is 252 Å². The van der Waals surface area contributed by atoms with Crippen LogP contribution < -0.4 is 10.1 Å². The molecule has 4 aromatic carbocycles. The summed E-state index contributed by atoms with van der Waals surface area (Å²) in [4.78, 5) is 57.3. The number of amides is 1. The highest BCUT2D eigenvalue weighted by molar-refractivity contribution is 6.34. The van der Waals surface area contributed by atoms with Crippen molar-refractivity contribution in [1.29, 1.82) is 0 Å². The van der Waals surface area contributed by atoms with E-state index in [1.165, 1.54) is 6.92 Å². The van der Waals surface area contributed by atoms with Gasteiger partial charge in [-0.2, -0.15) is 0 Å². The molecule has 0 aliphatic carbocycles. The van der Waals surface area contributed by atoms with Crippen LogP contribution in [-0.2, 0) is 15.0 Å². The van der Waals surface area contributed by atoms with Crippen LogP contribution in [0.4, 0.5) is 5.69 Å². The topological polar surface area (TPSA) is 92.8 Å². The fourth-order valence-corrected chi connectivity index (χ4v) is 7.25. The van der Waals surface area contributed by atoms with Crippen molar-refractivity contribution >= 4 is 46.8 Å². The van der Waals surface area contributed by atoms with Gasteiger partial charge in [0.05, 0.1) is 17.0 Å². The van der Waals surface area contributed by atoms with E-state index in [9.17, 15) is 19.2 Å². The zero-order chi connectivity index (χ0) is 29.9. The second-order valence-electron chi connectivity index (χ2n) is 10.9. The smallest absolute Gasteiger partial charge is 0.308 e. The van der Waals surface area contributed by atoms with Crippen LogP contribution in [-0.4, -0.2) is 34.4 Å². The SMILES string of the molecule is CC(=O)Oc1ccc(C(=O)[C@@H]2[C@H](C(=O)c3ccccc3Cl)[C@]3(C(=O)Nc4ccccc43)[C@@H]3c4ccccc4C=CN23)cc1. The summed E-state index contributed by atoms with van der Waals surface area (Å²) >= 11 is 6.59. The minimum absolute atomic E-state index is 0.242. The molecule has 0 aromatic heterocycles. The van der Waals surface area contributed by atoms with Gasteiger partial charge in [-0.3, -0.25) is 19.2 Å². The number of hydrogen-bond donors (Lipinski definition) is 1. The van der Waals surface area contributed by atoms with Crippen LogP contribution in [0.5, 0.6) is 5.75 Å². The number of Topliss-reactive ketones (excluding diaryl/α,β-unsaturated/α-hetero) is 2. The third-order valence-electron chi connectivity index (χ3n) is 8.66. The summed E-state index contributed by atoms with van der Waals surface area (Å²) in [5, 5.41) is 3.28. The highest BCUT2D eigenvalue weighted by atomic mass is 35.5. The highest BCUT2D eigenvalue weighted by Gasteiger charge is 2.70. The maximum Gasteiger partial charge on any atom is 0.308 e. The van der Waals surface area contributed by atoms with E-state index in [0.29, 0.717) is 22.6 Å². The molecule has 212 valence electrons. The Bertz CT molecular complexity index is 1870. The zero-order valence-corrected chi connectivity index (χ0v) is 23.7. The van der Waals surface area contributed by atoms with E-state index >= 15 is 0 Å². The number of hydrogen-bond acceptors (Lipinski definition) is 6. The highest BCUT2D eigenvalue weighted by Crippen LogP contribution is 2.62. The predicted octanol–water partition coefficient (Wildman–Crippen LogP) is 6.25. The Morgan fingerprint density at radius 1 is 0.860 bits per heavy atom. The monoisotopic (exact) mass is 588 g/mol. The Balaban J connectivity index is 1.49. The van der Waals surface area contributed by atoms with E-state index in [4.69, 9.17) is 16.3 Å². The van der Waals surface area contributed by atoms with Gasteiger partial charge in [0.25, 0.3) is 0 Å². The van der Waals surface area contributed by atoms with E-state index < -0.39 is 35.2 Å². The third-order valence-corrected chi connectivity index (χ3v) is 8.99. The molecule has 1 saturated heterocycles. The molecule has 1 N–H and O–H groups in total. The van der Waals surface area contributed by atoms with Gasteiger partial charge in [0.2, 0.25) is 5.91 Å². The van der Waals surface area contributed by atoms with E-state index in [1.54, 1.807) is 48.5 Å². The number of ketones is 2. The van der Waals surface area contributed by atoms with Gasteiger partial charge in [-0.15, -0.1) is 0 Å². The van der Waals surface area contributed by atoms with Crippen LogP contribution in [0, 0.1) is 5.92 Å². The molecule has 0 bridgehead atoms. The predicted molar refractivity (Wildman–Crippen MR) is 162 cm³/mol. The summed E-state index contributed by atoms with van der Waals surface area (Å²) < 4.78 is 5.17. The second-order valence-corrected chi connectivity index (χ2v) is 11.3. The summed E-state index contributed by atoms with van der Waals surface area (Å²) in [7, 11) is 0. The van der Waals surface area contributed by atoms with E-state index in [1.807, 2.05) is 65.7 Å². The summed E-state index contributed by atoms with van der Waals surface area (Å²) in [6.45, 7) is 1.30. The number of para-hydroxylation sites is 1. The van der Waals surface area contributed by atoms with Gasteiger partial charge in [-0.25, -0.2) is 0 Å². The number of halogens is 1. The molecule has 4 aromatic rings. The fourth-order valence-electron chi connectivity index (χ4n) is 7.02. The van der Waals surface area contributed by atoms with E-state index in [-0.39, 0.29) is 22.3 Å². The lowest BCUT2D eigenvalue weighted by Gasteiger charge is -2.38. The molecule has 3 heterocycles. The maximum atomic E-state index is 14.8. The molecule has 4 atom stereocenters. The van der Waals surface area contributed by atoms with Crippen molar-refractivity contribution in [3.8, 4) is 5.75 Å². The molecule has 3 aliphatic heterocycles. The normalized spacial score (nSPS) is 22.9. The largest absolute Gasteiger partial charge is 0.427 e. The van der Waals surface area contributed by atoms with Crippen LogP contribution in [0.25, 0.3) is 6.08 Å². The Hall–Kier alpha value is -5.01. The molecule has 0 radical (unpaired) electrons. The molecule has 0 saturated carbocycles. The molecular formula is C35H25ClN2O5. The van der Waals surface area contributed by atoms with E-state index in [2.05, 4.69) is 5.32 Å². The molecule has 7 rings (SSSR count). The zero-order valence-electron chi connectivity index (χ0n) is 23.0. The van der Waals surface area contributed by atoms with Gasteiger partial charge in [-0.05, 0) is 65.2 Å². The number of ether oxygens (including phenoxy) is 1. The molecular weight excluding hydrogens is 564 g/mol. The van der Waals surface area contributed by atoms with Gasteiger partial charge < -0.3 is 15.0 Å². The molecule has 0 unspecified atom stereocenters. The Kier molecular flexibility index (Phi) is 6.29. The summed E-state index contributed by atoms with van der Waals surface area (Å²) in [5.41, 5.74) is 2.11. The first-order valence-electron chi connectivity index (χ1n) is 13.9. The van der Waals surface area contributed by atoms with Crippen molar-refractivity contribution in [2.45, 2.75) is 24.4 Å². The van der Waals surface area contributed by atoms with Gasteiger partial charge in [0.1, 0.15) is 17.2 Å². The number of carbonyl (C=O) groups is 4. The van der Waals surface area contributed by atoms with Crippen molar-refractivity contribution < 1.29 is 23.9 Å².